The van der Waals surface area contributed by atoms with Gasteiger partial charge >= 0.3 is 6.18 Å². The Morgan fingerprint density at radius 3 is 1.94 bits per heavy atom. The minimum atomic E-state index is -4.26. The molecule has 0 heterocycles. The summed E-state index contributed by atoms with van der Waals surface area (Å²) in [4.78, 5) is 0. The van der Waals surface area contributed by atoms with Gasteiger partial charge in [-0.1, -0.05) is 12.1 Å². The average Bonchev–Trinajstić information content (AvgIpc) is 2.29. The Kier molecular flexibility index (Phi) is 3.43. The largest absolute Gasteiger partial charge is 0.416 e. The summed E-state index contributed by atoms with van der Waals surface area (Å²) in [5.41, 5.74) is 0.349. The molecule has 0 spiro atoms. The van der Waals surface area contributed by atoms with Crippen molar-refractivity contribution in [2.45, 2.75) is 43.9 Å². The number of aliphatic hydroxyl groups is 1. The summed E-state index contributed by atoms with van der Waals surface area (Å²) in [6.07, 6.45) is -1.31. The van der Waals surface area contributed by atoms with Crippen LogP contribution in [0.1, 0.15) is 42.7 Å². The predicted octanol–water partition coefficient (Wildman–Crippen LogP) is 3.72. The fourth-order valence-electron chi connectivity index (χ4n) is 2.35. The lowest BCUT2D eigenvalue weighted by molar-refractivity contribution is -0.137. The molecule has 0 aliphatic heterocycles. The highest BCUT2D eigenvalue weighted by Crippen LogP contribution is 2.35. The van der Waals surface area contributed by atoms with Crippen molar-refractivity contribution in [3.05, 3.63) is 35.4 Å². The summed E-state index contributed by atoms with van der Waals surface area (Å²) in [6, 6.07) is 5.40. The second kappa shape index (κ2) is 4.69. The maximum absolute atomic E-state index is 12.4. The number of alkyl halides is 3. The number of rotatable bonds is 1. The van der Waals surface area contributed by atoms with Crippen LogP contribution in [0.3, 0.4) is 0 Å². The van der Waals surface area contributed by atoms with Crippen LogP contribution in [-0.2, 0) is 6.18 Å². The average molecular weight is 244 g/mol. The van der Waals surface area contributed by atoms with Crippen molar-refractivity contribution >= 4 is 0 Å². The van der Waals surface area contributed by atoms with Crippen LogP contribution < -0.4 is 0 Å². The maximum atomic E-state index is 12.4. The Labute approximate surface area is 98.3 Å². The van der Waals surface area contributed by atoms with Gasteiger partial charge in [-0.15, -0.1) is 0 Å². The lowest BCUT2D eigenvalue weighted by Gasteiger charge is -2.25. The zero-order valence-corrected chi connectivity index (χ0v) is 9.37. The van der Waals surface area contributed by atoms with E-state index in [4.69, 9.17) is 0 Å². The second-order valence-corrected chi connectivity index (χ2v) is 4.63. The van der Waals surface area contributed by atoms with E-state index in [1.165, 1.54) is 0 Å². The molecule has 1 saturated carbocycles. The normalized spacial score (nSPS) is 25.9. The fourth-order valence-corrected chi connectivity index (χ4v) is 2.35. The van der Waals surface area contributed by atoms with Crippen molar-refractivity contribution in [1.82, 2.24) is 0 Å². The first-order valence-corrected chi connectivity index (χ1v) is 5.82. The van der Waals surface area contributed by atoms with Gasteiger partial charge in [0.15, 0.2) is 0 Å². The van der Waals surface area contributed by atoms with Crippen LogP contribution in [0.25, 0.3) is 0 Å². The Balaban J connectivity index is 2.08. The first-order chi connectivity index (χ1) is 7.97. The SMILES string of the molecule is O[C@H]1CC[C@@H](c2ccc(C(F)(F)F)cc2)CC1. The molecule has 1 aliphatic rings. The van der Waals surface area contributed by atoms with Gasteiger partial charge in [-0.3, -0.25) is 0 Å². The highest BCUT2D eigenvalue weighted by Gasteiger charge is 2.30. The number of benzene rings is 1. The van der Waals surface area contributed by atoms with Gasteiger partial charge in [0.05, 0.1) is 11.7 Å². The minimum Gasteiger partial charge on any atom is -0.393 e. The van der Waals surface area contributed by atoms with Gasteiger partial charge in [0, 0.05) is 0 Å². The molecule has 0 unspecified atom stereocenters. The van der Waals surface area contributed by atoms with Crippen molar-refractivity contribution in [1.29, 1.82) is 0 Å². The van der Waals surface area contributed by atoms with Crippen molar-refractivity contribution in [2.75, 3.05) is 0 Å². The van der Waals surface area contributed by atoms with Crippen molar-refractivity contribution in [2.24, 2.45) is 0 Å². The molecule has 0 saturated heterocycles. The lowest BCUT2D eigenvalue weighted by atomic mass is 9.82. The topological polar surface area (TPSA) is 20.2 Å². The van der Waals surface area contributed by atoms with Crippen molar-refractivity contribution in [3.8, 4) is 0 Å². The van der Waals surface area contributed by atoms with E-state index in [0.717, 1.165) is 43.4 Å². The molecule has 1 fully saturated rings. The molecule has 1 N–H and O–H groups in total. The summed E-state index contributed by atoms with van der Waals surface area (Å²) in [5, 5.41) is 9.38. The minimum absolute atomic E-state index is 0.235. The summed E-state index contributed by atoms with van der Waals surface area (Å²) in [5.74, 6) is 0.292. The molecule has 0 atom stereocenters. The molecule has 1 aromatic carbocycles. The van der Waals surface area contributed by atoms with Gasteiger partial charge in [0.2, 0.25) is 0 Å². The van der Waals surface area contributed by atoms with Crippen LogP contribution in [0.5, 0.6) is 0 Å². The first kappa shape index (κ1) is 12.4. The first-order valence-electron chi connectivity index (χ1n) is 5.82. The molecule has 1 aromatic rings. The standard InChI is InChI=1S/C13H15F3O/c14-13(15,16)11-5-1-9(2-6-11)10-3-7-12(17)8-4-10/h1-2,5-6,10,12,17H,3-4,7-8H2/t10-,12+. The van der Waals surface area contributed by atoms with E-state index in [-0.39, 0.29) is 6.10 Å². The zero-order valence-electron chi connectivity index (χ0n) is 9.37. The monoisotopic (exact) mass is 244 g/mol. The van der Waals surface area contributed by atoms with Crippen LogP contribution in [-0.4, -0.2) is 11.2 Å². The number of aliphatic hydroxyl groups excluding tert-OH is 1. The Morgan fingerprint density at radius 2 is 1.47 bits per heavy atom. The second-order valence-electron chi connectivity index (χ2n) is 4.63. The van der Waals surface area contributed by atoms with E-state index >= 15 is 0 Å². The van der Waals surface area contributed by atoms with E-state index in [1.54, 1.807) is 12.1 Å². The molecular formula is C13H15F3O. The van der Waals surface area contributed by atoms with Crippen LogP contribution in [0.2, 0.25) is 0 Å². The Morgan fingerprint density at radius 1 is 0.941 bits per heavy atom. The molecule has 1 aliphatic carbocycles. The van der Waals surface area contributed by atoms with Gasteiger partial charge in [-0.25, -0.2) is 0 Å². The molecule has 0 bridgehead atoms. The third kappa shape index (κ3) is 3.00. The fraction of sp³-hybridized carbons (Fsp3) is 0.538. The number of halogens is 3. The highest BCUT2D eigenvalue weighted by atomic mass is 19.4. The van der Waals surface area contributed by atoms with Crippen molar-refractivity contribution < 1.29 is 18.3 Å². The van der Waals surface area contributed by atoms with Gasteiger partial charge in [0.1, 0.15) is 0 Å². The molecule has 4 heteroatoms. The lowest BCUT2D eigenvalue weighted by Crippen LogP contribution is -2.17. The van der Waals surface area contributed by atoms with E-state index in [9.17, 15) is 18.3 Å². The molecule has 0 aromatic heterocycles. The third-order valence-electron chi connectivity index (χ3n) is 3.41. The van der Waals surface area contributed by atoms with E-state index in [2.05, 4.69) is 0 Å². The summed E-state index contributed by atoms with van der Waals surface area (Å²) >= 11 is 0. The molecular weight excluding hydrogens is 229 g/mol. The third-order valence-corrected chi connectivity index (χ3v) is 3.41. The molecule has 1 nitrogen and oxygen atoms in total. The Hall–Kier alpha value is -1.03. The predicted molar refractivity (Wildman–Crippen MR) is 58.7 cm³/mol. The molecule has 0 amide bonds. The van der Waals surface area contributed by atoms with Crippen LogP contribution in [0.4, 0.5) is 13.2 Å². The highest BCUT2D eigenvalue weighted by molar-refractivity contribution is 5.27. The Bertz CT molecular complexity index is 361. The van der Waals surface area contributed by atoms with Gasteiger partial charge in [-0.2, -0.15) is 13.2 Å². The van der Waals surface area contributed by atoms with Crippen LogP contribution in [0.15, 0.2) is 24.3 Å². The molecule has 17 heavy (non-hydrogen) atoms. The summed E-state index contributed by atoms with van der Waals surface area (Å²) in [7, 11) is 0. The quantitative estimate of drug-likeness (QED) is 0.798. The van der Waals surface area contributed by atoms with Gasteiger partial charge in [0.25, 0.3) is 0 Å². The molecule has 2 rings (SSSR count). The molecule has 94 valence electrons. The number of hydrogen-bond acceptors (Lipinski definition) is 1. The number of hydrogen-bond donors (Lipinski definition) is 1. The maximum Gasteiger partial charge on any atom is 0.416 e. The summed E-state index contributed by atoms with van der Waals surface area (Å²) < 4.78 is 37.1. The smallest absolute Gasteiger partial charge is 0.393 e. The van der Waals surface area contributed by atoms with Gasteiger partial charge < -0.3 is 5.11 Å². The van der Waals surface area contributed by atoms with Gasteiger partial charge in [-0.05, 0) is 49.3 Å². The summed E-state index contributed by atoms with van der Waals surface area (Å²) in [6.45, 7) is 0. The van der Waals surface area contributed by atoms with Crippen LogP contribution in [0, 0.1) is 0 Å². The van der Waals surface area contributed by atoms with E-state index < -0.39 is 11.7 Å². The van der Waals surface area contributed by atoms with Crippen LogP contribution >= 0.6 is 0 Å². The van der Waals surface area contributed by atoms with E-state index in [0.29, 0.717) is 5.92 Å². The molecule has 0 radical (unpaired) electrons. The zero-order chi connectivity index (χ0) is 12.5. The van der Waals surface area contributed by atoms with E-state index in [1.807, 2.05) is 0 Å². The van der Waals surface area contributed by atoms with Crippen molar-refractivity contribution in [3.63, 3.8) is 0 Å².